The fourth-order valence-electron chi connectivity index (χ4n) is 1.39. The van der Waals surface area contributed by atoms with Crippen molar-refractivity contribution < 1.29 is 0 Å². The van der Waals surface area contributed by atoms with Gasteiger partial charge in [-0.2, -0.15) is 10.5 Å². The topological polar surface area (TPSA) is 90.3 Å². The van der Waals surface area contributed by atoms with Crippen molar-refractivity contribution in [3.63, 3.8) is 0 Å². The molecule has 1 atom stereocenters. The van der Waals surface area contributed by atoms with Gasteiger partial charge in [-0.1, -0.05) is 16.8 Å². The van der Waals surface area contributed by atoms with Crippen molar-refractivity contribution in [2.24, 2.45) is 0 Å². The molecule has 0 radical (unpaired) electrons. The Morgan fingerprint density at radius 3 is 3.00 bits per heavy atom. The van der Waals surface area contributed by atoms with Crippen LogP contribution in [0.3, 0.4) is 0 Å². The third-order valence-electron chi connectivity index (χ3n) is 2.22. The van der Waals surface area contributed by atoms with Crippen molar-refractivity contribution in [3.05, 3.63) is 34.6 Å². The number of benzene rings is 1. The summed E-state index contributed by atoms with van der Waals surface area (Å²) in [5.41, 5.74) is 1.17. The molecule has 0 bridgehead atoms. The molecule has 0 saturated heterocycles. The van der Waals surface area contributed by atoms with Crippen molar-refractivity contribution in [2.45, 2.75) is 13.0 Å². The number of halogens is 1. The molecule has 0 aliphatic carbocycles. The molecule has 17 heavy (non-hydrogen) atoms. The Morgan fingerprint density at radius 1 is 1.53 bits per heavy atom. The van der Waals surface area contributed by atoms with Gasteiger partial charge in [0.15, 0.2) is 5.82 Å². The number of hydrogen-bond acceptors (Lipinski definition) is 5. The van der Waals surface area contributed by atoms with Crippen LogP contribution in [-0.4, -0.2) is 20.6 Å². The number of H-pyrrole nitrogens is 1. The first-order valence-electron chi connectivity index (χ1n) is 4.90. The van der Waals surface area contributed by atoms with Crippen LogP contribution < -0.4 is 5.32 Å². The first-order chi connectivity index (χ1) is 8.20. The molecule has 0 amide bonds. The van der Waals surface area contributed by atoms with Crippen LogP contribution in [0.5, 0.6) is 0 Å². The Balaban J connectivity index is 2.22. The summed E-state index contributed by atoms with van der Waals surface area (Å²) in [4.78, 5) is 0. The van der Waals surface area contributed by atoms with Crippen LogP contribution in [0.1, 0.15) is 24.4 Å². The Bertz CT molecular complexity index is 544. The normalized spacial score (nSPS) is 11.8. The molecule has 0 fully saturated rings. The number of aromatic amines is 1. The van der Waals surface area contributed by atoms with Crippen molar-refractivity contribution in [2.75, 3.05) is 5.32 Å². The van der Waals surface area contributed by atoms with E-state index in [1.807, 2.05) is 6.92 Å². The molecule has 6 nitrogen and oxygen atoms in total. The molecular weight excluding hydrogens is 240 g/mol. The molecule has 0 aliphatic rings. The predicted molar refractivity (Wildman–Crippen MR) is 62.4 cm³/mol. The third kappa shape index (κ3) is 2.52. The van der Waals surface area contributed by atoms with E-state index >= 15 is 0 Å². The van der Waals surface area contributed by atoms with Gasteiger partial charge in [0.05, 0.1) is 17.3 Å². The van der Waals surface area contributed by atoms with Gasteiger partial charge in [-0.05, 0) is 25.1 Å². The molecule has 1 aromatic carbocycles. The highest BCUT2D eigenvalue weighted by Gasteiger charge is 2.12. The zero-order valence-electron chi connectivity index (χ0n) is 8.98. The molecule has 0 spiro atoms. The van der Waals surface area contributed by atoms with E-state index in [1.54, 1.807) is 18.2 Å². The first-order valence-corrected chi connectivity index (χ1v) is 5.28. The fourth-order valence-corrected chi connectivity index (χ4v) is 1.56. The number of nitrogens with one attached hydrogen (secondary N) is 2. The largest absolute Gasteiger partial charge is 0.374 e. The number of aromatic nitrogens is 4. The summed E-state index contributed by atoms with van der Waals surface area (Å²) in [7, 11) is 0. The number of anilines is 1. The Hall–Kier alpha value is -2.13. The number of hydrogen-bond donors (Lipinski definition) is 2. The second kappa shape index (κ2) is 4.80. The lowest BCUT2D eigenvalue weighted by Gasteiger charge is -2.12. The average Bonchev–Trinajstić information content (AvgIpc) is 2.85. The van der Waals surface area contributed by atoms with Crippen molar-refractivity contribution >= 4 is 17.3 Å². The first kappa shape index (κ1) is 11.4. The molecule has 86 valence electrons. The molecule has 1 unspecified atom stereocenters. The summed E-state index contributed by atoms with van der Waals surface area (Å²) in [6.07, 6.45) is 0. The van der Waals surface area contributed by atoms with Crippen LogP contribution in [0.4, 0.5) is 5.69 Å². The van der Waals surface area contributed by atoms with Crippen LogP contribution in [0.25, 0.3) is 0 Å². The number of nitrogens with zero attached hydrogens (tertiary/aromatic N) is 4. The zero-order chi connectivity index (χ0) is 12.3. The van der Waals surface area contributed by atoms with Crippen LogP contribution in [0.15, 0.2) is 18.2 Å². The predicted octanol–water partition coefficient (Wildman–Crippen LogP) is 1.90. The fraction of sp³-hybridized carbons (Fsp3) is 0.200. The summed E-state index contributed by atoms with van der Waals surface area (Å²) < 4.78 is 0. The second-order valence-corrected chi connectivity index (χ2v) is 3.87. The van der Waals surface area contributed by atoms with Crippen LogP contribution in [-0.2, 0) is 0 Å². The maximum absolute atomic E-state index is 8.99. The summed E-state index contributed by atoms with van der Waals surface area (Å²) in [5.74, 6) is 0.531. The highest BCUT2D eigenvalue weighted by Crippen LogP contribution is 2.23. The van der Waals surface area contributed by atoms with Gasteiger partial charge in [0.2, 0.25) is 0 Å². The van der Waals surface area contributed by atoms with Gasteiger partial charge >= 0.3 is 0 Å². The van der Waals surface area contributed by atoms with Crippen LogP contribution in [0, 0.1) is 11.3 Å². The van der Waals surface area contributed by atoms with Gasteiger partial charge in [0.25, 0.3) is 0 Å². The SMILES string of the molecule is CC(Nc1ccc(Cl)cc1C#N)c1nn[nH]n1. The maximum Gasteiger partial charge on any atom is 0.196 e. The molecule has 7 heteroatoms. The summed E-state index contributed by atoms with van der Waals surface area (Å²) in [6.45, 7) is 1.88. The van der Waals surface area contributed by atoms with E-state index in [1.165, 1.54) is 0 Å². The molecule has 2 rings (SSSR count). The average molecular weight is 249 g/mol. The summed E-state index contributed by atoms with van der Waals surface area (Å²) in [6, 6.07) is 6.99. The highest BCUT2D eigenvalue weighted by atomic mass is 35.5. The monoisotopic (exact) mass is 248 g/mol. The lowest BCUT2D eigenvalue weighted by molar-refractivity contribution is 0.793. The van der Waals surface area contributed by atoms with Gasteiger partial charge in [-0.3, -0.25) is 0 Å². The van der Waals surface area contributed by atoms with Gasteiger partial charge in [-0.25, -0.2) is 0 Å². The molecule has 2 N–H and O–H groups in total. The lowest BCUT2D eigenvalue weighted by atomic mass is 10.1. The Morgan fingerprint density at radius 2 is 2.35 bits per heavy atom. The lowest BCUT2D eigenvalue weighted by Crippen LogP contribution is -2.09. The summed E-state index contributed by atoms with van der Waals surface area (Å²) in [5, 5.41) is 26.2. The molecule has 2 aromatic rings. The van der Waals surface area contributed by atoms with Crippen molar-refractivity contribution in [3.8, 4) is 6.07 Å². The molecule has 1 heterocycles. The van der Waals surface area contributed by atoms with E-state index in [0.717, 1.165) is 0 Å². The Labute approximate surface area is 103 Å². The molecule has 1 aromatic heterocycles. The number of tetrazole rings is 1. The van der Waals surface area contributed by atoms with Crippen molar-refractivity contribution in [1.29, 1.82) is 5.26 Å². The van der Waals surface area contributed by atoms with Gasteiger partial charge < -0.3 is 5.32 Å². The summed E-state index contributed by atoms with van der Waals surface area (Å²) >= 11 is 5.81. The quantitative estimate of drug-likeness (QED) is 0.866. The number of nitriles is 1. The molecular formula is C10H9ClN6. The zero-order valence-corrected chi connectivity index (χ0v) is 9.73. The van der Waals surface area contributed by atoms with Gasteiger partial charge in [0.1, 0.15) is 6.07 Å². The van der Waals surface area contributed by atoms with E-state index in [4.69, 9.17) is 16.9 Å². The standard InChI is InChI=1S/C10H9ClN6/c1-6(10-14-16-17-15-10)13-9-3-2-8(11)4-7(9)5-12/h2-4,6,13H,1H3,(H,14,15,16,17). The highest BCUT2D eigenvalue weighted by molar-refractivity contribution is 6.30. The van der Waals surface area contributed by atoms with Gasteiger partial charge in [-0.15, -0.1) is 10.2 Å². The van der Waals surface area contributed by atoms with Crippen LogP contribution in [0.2, 0.25) is 5.02 Å². The minimum atomic E-state index is -0.151. The molecule has 0 saturated carbocycles. The maximum atomic E-state index is 8.99. The van der Waals surface area contributed by atoms with Gasteiger partial charge in [0, 0.05) is 5.02 Å². The van der Waals surface area contributed by atoms with E-state index < -0.39 is 0 Å². The van der Waals surface area contributed by atoms with E-state index in [2.05, 4.69) is 32.0 Å². The van der Waals surface area contributed by atoms with E-state index in [0.29, 0.717) is 22.1 Å². The van der Waals surface area contributed by atoms with E-state index in [9.17, 15) is 0 Å². The second-order valence-electron chi connectivity index (χ2n) is 3.44. The minimum Gasteiger partial charge on any atom is -0.374 e. The Kier molecular flexibility index (Phi) is 3.21. The smallest absolute Gasteiger partial charge is 0.196 e. The number of rotatable bonds is 3. The van der Waals surface area contributed by atoms with Crippen molar-refractivity contribution in [1.82, 2.24) is 20.6 Å². The van der Waals surface area contributed by atoms with E-state index in [-0.39, 0.29) is 6.04 Å². The van der Waals surface area contributed by atoms with Crippen LogP contribution >= 0.6 is 11.6 Å². The minimum absolute atomic E-state index is 0.151. The molecule has 0 aliphatic heterocycles. The third-order valence-corrected chi connectivity index (χ3v) is 2.46.